The zero-order valence-electron chi connectivity index (χ0n) is 14.7. The summed E-state index contributed by atoms with van der Waals surface area (Å²) in [4.78, 5) is 24.9. The number of carbonyl (C=O) groups is 1. The number of hydrogen-bond acceptors (Lipinski definition) is 3. The third-order valence-electron chi connectivity index (χ3n) is 3.95. The van der Waals surface area contributed by atoms with E-state index in [1.807, 2.05) is 6.92 Å². The fourth-order valence-electron chi connectivity index (χ4n) is 2.61. The highest BCUT2D eigenvalue weighted by atomic mass is 19.4. The number of ether oxygens (including phenoxy) is 1. The Morgan fingerprint density at radius 1 is 1.27 bits per heavy atom. The first-order valence-corrected chi connectivity index (χ1v) is 8.40. The Morgan fingerprint density at radius 2 is 2.00 bits per heavy atom. The summed E-state index contributed by atoms with van der Waals surface area (Å²) in [6.07, 6.45) is -2.60. The number of alkyl halides is 3. The largest absolute Gasteiger partial charge is 0.416 e. The SMILES string of the molecule is CCOCCCNC(=O)c1cn(CC)c2ccc(C(F)(F)F)cc2c1=O. The summed E-state index contributed by atoms with van der Waals surface area (Å²) in [7, 11) is 0. The second kappa shape index (κ2) is 8.35. The van der Waals surface area contributed by atoms with Crippen LogP contribution in [0.3, 0.4) is 0 Å². The zero-order chi connectivity index (χ0) is 19.3. The van der Waals surface area contributed by atoms with E-state index in [0.29, 0.717) is 38.2 Å². The number of halogens is 3. The maximum atomic E-state index is 13.0. The molecule has 1 aromatic carbocycles. The lowest BCUT2D eigenvalue weighted by Gasteiger charge is -2.14. The van der Waals surface area contributed by atoms with Gasteiger partial charge in [0.2, 0.25) is 5.43 Å². The van der Waals surface area contributed by atoms with E-state index in [1.54, 1.807) is 11.5 Å². The van der Waals surface area contributed by atoms with Gasteiger partial charge in [-0.3, -0.25) is 9.59 Å². The summed E-state index contributed by atoms with van der Waals surface area (Å²) in [6.45, 7) is 5.41. The van der Waals surface area contributed by atoms with Gasteiger partial charge in [-0.05, 0) is 38.5 Å². The molecule has 1 heterocycles. The predicted octanol–water partition coefficient (Wildman–Crippen LogP) is 3.20. The van der Waals surface area contributed by atoms with E-state index >= 15 is 0 Å². The van der Waals surface area contributed by atoms with Crippen molar-refractivity contribution in [2.45, 2.75) is 33.0 Å². The fraction of sp³-hybridized carbons (Fsp3) is 0.444. The Morgan fingerprint density at radius 3 is 2.62 bits per heavy atom. The van der Waals surface area contributed by atoms with Crippen molar-refractivity contribution >= 4 is 16.8 Å². The average molecular weight is 370 g/mol. The van der Waals surface area contributed by atoms with Gasteiger partial charge >= 0.3 is 6.18 Å². The number of hydrogen-bond donors (Lipinski definition) is 1. The monoisotopic (exact) mass is 370 g/mol. The van der Waals surface area contributed by atoms with Crippen molar-refractivity contribution in [3.8, 4) is 0 Å². The number of fused-ring (bicyclic) bond motifs is 1. The molecule has 1 N–H and O–H groups in total. The first kappa shape index (κ1) is 20.0. The molecule has 1 amide bonds. The Hall–Kier alpha value is -2.35. The third kappa shape index (κ3) is 4.43. The van der Waals surface area contributed by atoms with Crippen LogP contribution in [0.4, 0.5) is 13.2 Å². The lowest BCUT2D eigenvalue weighted by atomic mass is 10.1. The summed E-state index contributed by atoms with van der Waals surface area (Å²) in [5.41, 5.74) is -1.44. The lowest BCUT2D eigenvalue weighted by molar-refractivity contribution is -0.137. The molecule has 5 nitrogen and oxygen atoms in total. The number of rotatable bonds is 7. The van der Waals surface area contributed by atoms with E-state index in [0.717, 1.165) is 12.1 Å². The molecule has 2 aromatic rings. The van der Waals surface area contributed by atoms with Crippen LogP contribution in [0, 0.1) is 0 Å². The minimum Gasteiger partial charge on any atom is -0.382 e. The highest BCUT2D eigenvalue weighted by molar-refractivity contribution is 5.97. The Kier molecular flexibility index (Phi) is 6.42. The molecular formula is C18H21F3N2O3. The standard InChI is InChI=1S/C18H21F3N2O3/c1-3-23-11-14(17(25)22-8-5-9-26-4-2)16(24)13-10-12(18(19,20)21)6-7-15(13)23/h6-7,10-11H,3-5,8-9H2,1-2H3,(H,22,25). The molecule has 0 saturated carbocycles. The molecule has 0 fully saturated rings. The molecule has 0 atom stereocenters. The Balaban J connectivity index is 2.39. The topological polar surface area (TPSA) is 60.3 Å². The molecule has 0 aliphatic heterocycles. The van der Waals surface area contributed by atoms with Gasteiger partial charge in [-0.25, -0.2) is 0 Å². The van der Waals surface area contributed by atoms with Crippen molar-refractivity contribution in [1.82, 2.24) is 9.88 Å². The molecular weight excluding hydrogens is 349 g/mol. The van der Waals surface area contributed by atoms with Gasteiger partial charge in [-0.15, -0.1) is 0 Å². The fourth-order valence-corrected chi connectivity index (χ4v) is 2.61. The lowest BCUT2D eigenvalue weighted by Crippen LogP contribution is -2.31. The molecule has 1 aromatic heterocycles. The third-order valence-corrected chi connectivity index (χ3v) is 3.95. The van der Waals surface area contributed by atoms with Gasteiger partial charge in [0.1, 0.15) is 5.56 Å². The molecule has 142 valence electrons. The number of nitrogens with one attached hydrogen (secondary N) is 1. The second-order valence-corrected chi connectivity index (χ2v) is 5.69. The van der Waals surface area contributed by atoms with Crippen LogP contribution in [0.25, 0.3) is 10.9 Å². The number of aryl methyl sites for hydroxylation is 1. The molecule has 0 aliphatic carbocycles. The van der Waals surface area contributed by atoms with Crippen molar-refractivity contribution in [2.24, 2.45) is 0 Å². The van der Waals surface area contributed by atoms with E-state index in [4.69, 9.17) is 4.74 Å². The highest BCUT2D eigenvalue weighted by Crippen LogP contribution is 2.30. The van der Waals surface area contributed by atoms with E-state index in [-0.39, 0.29) is 10.9 Å². The quantitative estimate of drug-likeness (QED) is 0.762. The van der Waals surface area contributed by atoms with Crippen LogP contribution in [-0.2, 0) is 17.5 Å². The van der Waals surface area contributed by atoms with Crippen LogP contribution >= 0.6 is 0 Å². The maximum Gasteiger partial charge on any atom is 0.416 e. The Labute approximate surface area is 148 Å². The molecule has 2 rings (SSSR count). The molecule has 0 saturated heterocycles. The summed E-state index contributed by atoms with van der Waals surface area (Å²) < 4.78 is 45.6. The van der Waals surface area contributed by atoms with Gasteiger partial charge < -0.3 is 14.6 Å². The predicted molar refractivity (Wildman–Crippen MR) is 92.3 cm³/mol. The molecule has 0 spiro atoms. The van der Waals surface area contributed by atoms with Crippen LogP contribution in [0.1, 0.15) is 36.2 Å². The number of carbonyl (C=O) groups excluding carboxylic acids is 1. The van der Waals surface area contributed by atoms with Crippen molar-refractivity contribution in [2.75, 3.05) is 19.8 Å². The second-order valence-electron chi connectivity index (χ2n) is 5.69. The van der Waals surface area contributed by atoms with E-state index in [9.17, 15) is 22.8 Å². The van der Waals surface area contributed by atoms with Gasteiger partial charge in [0.25, 0.3) is 5.91 Å². The highest BCUT2D eigenvalue weighted by Gasteiger charge is 2.31. The smallest absolute Gasteiger partial charge is 0.382 e. The molecule has 8 heteroatoms. The first-order valence-electron chi connectivity index (χ1n) is 8.40. The molecule has 0 bridgehead atoms. The van der Waals surface area contributed by atoms with Crippen molar-refractivity contribution < 1.29 is 22.7 Å². The number of pyridine rings is 1. The first-order chi connectivity index (χ1) is 12.3. The molecule has 0 radical (unpaired) electrons. The molecule has 26 heavy (non-hydrogen) atoms. The summed E-state index contributed by atoms with van der Waals surface area (Å²) >= 11 is 0. The number of aromatic nitrogens is 1. The van der Waals surface area contributed by atoms with Gasteiger partial charge in [0.05, 0.1) is 11.1 Å². The van der Waals surface area contributed by atoms with Crippen LogP contribution in [0.5, 0.6) is 0 Å². The number of benzene rings is 1. The van der Waals surface area contributed by atoms with E-state index in [1.165, 1.54) is 12.3 Å². The number of nitrogens with zero attached hydrogens (tertiary/aromatic N) is 1. The van der Waals surface area contributed by atoms with Crippen molar-refractivity contribution in [1.29, 1.82) is 0 Å². The Bertz CT molecular complexity index is 844. The summed E-state index contributed by atoms with van der Waals surface area (Å²) in [5, 5.41) is 2.48. The van der Waals surface area contributed by atoms with Crippen LogP contribution in [0.15, 0.2) is 29.2 Å². The molecule has 0 aliphatic rings. The minimum atomic E-state index is -4.56. The number of amides is 1. The van der Waals surface area contributed by atoms with Gasteiger partial charge in [0, 0.05) is 37.9 Å². The van der Waals surface area contributed by atoms with Crippen LogP contribution in [0.2, 0.25) is 0 Å². The summed E-state index contributed by atoms with van der Waals surface area (Å²) in [6, 6.07) is 2.99. The molecule has 0 unspecified atom stereocenters. The normalized spacial score (nSPS) is 11.7. The maximum absolute atomic E-state index is 13.0. The van der Waals surface area contributed by atoms with Crippen molar-refractivity contribution in [3.05, 3.63) is 45.7 Å². The van der Waals surface area contributed by atoms with Gasteiger partial charge in [-0.1, -0.05) is 0 Å². The van der Waals surface area contributed by atoms with Crippen molar-refractivity contribution in [3.63, 3.8) is 0 Å². The van der Waals surface area contributed by atoms with Crippen LogP contribution in [-0.4, -0.2) is 30.2 Å². The minimum absolute atomic E-state index is 0.122. The van der Waals surface area contributed by atoms with Crippen LogP contribution < -0.4 is 10.7 Å². The van der Waals surface area contributed by atoms with E-state index in [2.05, 4.69) is 5.32 Å². The summed E-state index contributed by atoms with van der Waals surface area (Å²) in [5.74, 6) is -0.604. The average Bonchev–Trinajstić information content (AvgIpc) is 2.60. The zero-order valence-corrected chi connectivity index (χ0v) is 14.7. The van der Waals surface area contributed by atoms with Gasteiger partial charge in [-0.2, -0.15) is 13.2 Å². The van der Waals surface area contributed by atoms with Gasteiger partial charge in [0.15, 0.2) is 0 Å². The van der Waals surface area contributed by atoms with E-state index < -0.39 is 23.1 Å².